The largest absolute Gasteiger partial charge is 0.457 e. The maximum absolute atomic E-state index is 13.1. The van der Waals surface area contributed by atoms with Crippen LogP contribution in [-0.4, -0.2) is 142 Å². The van der Waals surface area contributed by atoms with Crippen molar-refractivity contribution in [2.75, 3.05) is 33.0 Å². The molecule has 2 fully saturated rings. The molecule has 0 spiro atoms. The van der Waals surface area contributed by atoms with Crippen molar-refractivity contribution in [2.24, 2.45) is 0 Å². The minimum absolute atomic E-state index is 0.0286. The molecule has 2 heterocycles. The predicted molar refractivity (Wildman–Crippen MR) is 293 cm³/mol. The molecule has 0 radical (unpaired) electrons. The first kappa shape index (κ1) is 67.3. The maximum Gasteiger partial charge on any atom is 0.306 e. The van der Waals surface area contributed by atoms with Gasteiger partial charge in [0.15, 0.2) is 12.6 Å². The summed E-state index contributed by atoms with van der Waals surface area (Å²) in [5, 5.41) is 72.3. The van der Waals surface area contributed by atoms with Crippen LogP contribution in [0.2, 0.25) is 0 Å². The number of carbonyl (C=O) groups excluding carboxylic acids is 1. The number of hydrogen-bond donors (Lipinski definition) is 7. The minimum Gasteiger partial charge on any atom is -0.457 e. The minimum atomic E-state index is -1.72. The average molecular weight is 1050 g/mol. The molecule has 2 aliphatic rings. The van der Waals surface area contributed by atoms with E-state index in [-0.39, 0.29) is 19.6 Å². The molecule has 14 heteroatoms. The van der Waals surface area contributed by atoms with Crippen LogP contribution < -0.4 is 0 Å². The summed E-state index contributed by atoms with van der Waals surface area (Å²) in [5.74, 6) is -0.393. The average Bonchev–Trinajstić information content (AvgIpc) is 3.40. The molecule has 0 bridgehead atoms. The van der Waals surface area contributed by atoms with Gasteiger partial charge < -0.3 is 64.2 Å². The smallest absolute Gasteiger partial charge is 0.306 e. The Bertz CT molecular complexity index is 1540. The molecule has 0 aromatic carbocycles. The van der Waals surface area contributed by atoms with Gasteiger partial charge in [-0.2, -0.15) is 0 Å². The van der Waals surface area contributed by atoms with Crippen LogP contribution in [0.4, 0.5) is 0 Å². The third-order valence-corrected chi connectivity index (χ3v) is 13.2. The number of esters is 1. The Morgan fingerprint density at radius 3 is 1.35 bits per heavy atom. The lowest BCUT2D eigenvalue weighted by Gasteiger charge is -2.42. The van der Waals surface area contributed by atoms with Gasteiger partial charge in [0.05, 0.1) is 26.4 Å². The third-order valence-electron chi connectivity index (χ3n) is 13.2. The molecule has 426 valence electrons. The van der Waals surface area contributed by atoms with Crippen LogP contribution in [0.5, 0.6) is 0 Å². The predicted octanol–water partition coefficient (Wildman–Crippen LogP) is 10.0. The van der Waals surface area contributed by atoms with Gasteiger partial charge in [0.2, 0.25) is 0 Å². The highest BCUT2D eigenvalue weighted by Gasteiger charge is 2.47. The van der Waals surface area contributed by atoms with Crippen molar-refractivity contribution >= 4 is 5.97 Å². The van der Waals surface area contributed by atoms with Crippen LogP contribution in [0.25, 0.3) is 0 Å². The van der Waals surface area contributed by atoms with E-state index in [2.05, 4.69) is 98.9 Å². The Hall–Kier alpha value is -2.83. The van der Waals surface area contributed by atoms with Crippen LogP contribution in [-0.2, 0) is 33.2 Å². The molecule has 0 saturated carbocycles. The molecule has 11 unspecified atom stereocenters. The number of aliphatic hydroxyl groups is 7. The number of carbonyl (C=O) groups is 1. The highest BCUT2D eigenvalue weighted by molar-refractivity contribution is 5.69. The molecule has 0 amide bonds. The summed E-state index contributed by atoms with van der Waals surface area (Å²) in [4.78, 5) is 13.1. The lowest BCUT2D eigenvalue weighted by atomic mass is 9.98. The zero-order chi connectivity index (χ0) is 53.7. The van der Waals surface area contributed by atoms with E-state index >= 15 is 0 Å². The maximum atomic E-state index is 13.1. The van der Waals surface area contributed by atoms with Crippen LogP contribution in [0, 0.1) is 0 Å². The Morgan fingerprint density at radius 2 is 0.878 bits per heavy atom. The Labute approximate surface area is 446 Å². The fourth-order valence-corrected chi connectivity index (χ4v) is 8.56. The molecule has 2 rings (SSSR count). The molecule has 2 aliphatic heterocycles. The Morgan fingerprint density at radius 1 is 0.459 bits per heavy atom. The van der Waals surface area contributed by atoms with Gasteiger partial charge in [-0.15, -0.1) is 0 Å². The van der Waals surface area contributed by atoms with E-state index in [4.69, 9.17) is 28.4 Å². The van der Waals surface area contributed by atoms with Gasteiger partial charge in [-0.05, 0) is 70.6 Å². The Balaban J connectivity index is 1.75. The van der Waals surface area contributed by atoms with E-state index < -0.39 is 86.7 Å². The zero-order valence-corrected chi connectivity index (χ0v) is 45.5. The number of ether oxygens (including phenoxy) is 6. The third kappa shape index (κ3) is 32.7. The van der Waals surface area contributed by atoms with Gasteiger partial charge >= 0.3 is 5.97 Å². The van der Waals surface area contributed by atoms with Crippen molar-refractivity contribution in [1.82, 2.24) is 0 Å². The van der Waals surface area contributed by atoms with Crippen LogP contribution in [0.15, 0.2) is 85.1 Å². The molecule has 11 atom stereocenters. The molecule has 0 aliphatic carbocycles. The van der Waals surface area contributed by atoms with Crippen molar-refractivity contribution in [3.8, 4) is 0 Å². The molecular formula is C60H102O14. The van der Waals surface area contributed by atoms with Crippen LogP contribution in [0.3, 0.4) is 0 Å². The van der Waals surface area contributed by atoms with Gasteiger partial charge in [0, 0.05) is 13.0 Å². The summed E-state index contributed by atoms with van der Waals surface area (Å²) in [6, 6.07) is 0. The summed E-state index contributed by atoms with van der Waals surface area (Å²) >= 11 is 0. The zero-order valence-electron chi connectivity index (χ0n) is 45.5. The van der Waals surface area contributed by atoms with Crippen LogP contribution in [0.1, 0.15) is 187 Å². The molecule has 2 saturated heterocycles. The quantitative estimate of drug-likeness (QED) is 0.0172. The fourth-order valence-electron chi connectivity index (χ4n) is 8.56. The summed E-state index contributed by atoms with van der Waals surface area (Å²) in [7, 11) is 0. The van der Waals surface area contributed by atoms with Gasteiger partial charge in [-0.25, -0.2) is 0 Å². The second-order valence-corrected chi connectivity index (χ2v) is 19.7. The van der Waals surface area contributed by atoms with Crippen molar-refractivity contribution in [3.63, 3.8) is 0 Å². The summed E-state index contributed by atoms with van der Waals surface area (Å²) in [6.45, 7) is 3.46. The first-order valence-corrected chi connectivity index (χ1v) is 28.7. The molecule has 7 N–H and O–H groups in total. The van der Waals surface area contributed by atoms with E-state index in [9.17, 15) is 40.5 Å². The number of rotatable bonds is 45. The first-order valence-electron chi connectivity index (χ1n) is 28.7. The summed E-state index contributed by atoms with van der Waals surface area (Å²) in [6.07, 6.45) is 43.6. The summed E-state index contributed by atoms with van der Waals surface area (Å²) < 4.78 is 34.3. The number of aliphatic hydroxyl groups excluding tert-OH is 7. The molecule has 74 heavy (non-hydrogen) atoms. The van der Waals surface area contributed by atoms with E-state index in [1.54, 1.807) is 0 Å². The van der Waals surface area contributed by atoms with Gasteiger partial charge in [0.1, 0.15) is 54.9 Å². The van der Waals surface area contributed by atoms with Crippen molar-refractivity contribution in [3.05, 3.63) is 85.1 Å². The highest BCUT2D eigenvalue weighted by atomic mass is 16.7. The van der Waals surface area contributed by atoms with Gasteiger partial charge in [-0.1, -0.05) is 195 Å². The van der Waals surface area contributed by atoms with E-state index in [1.807, 2.05) is 0 Å². The lowest BCUT2D eigenvalue weighted by molar-refractivity contribution is -0.332. The van der Waals surface area contributed by atoms with Crippen LogP contribution >= 0.6 is 0 Å². The SMILES string of the molecule is CC/C=C\C/C=C\C/C=C\C/C=C\C/C=C\C/C=C\C/C=C\CCCCOCC(COC1OC(COC2OC(CO)C(O)C(O)C2O)C(O)C(O)C1O)OC(=O)CCCCCCCCCCCCCCCCCC. The molecule has 0 aromatic rings. The Kier molecular flexibility index (Phi) is 42.1. The van der Waals surface area contributed by atoms with E-state index in [0.717, 1.165) is 83.5 Å². The van der Waals surface area contributed by atoms with E-state index in [0.29, 0.717) is 13.0 Å². The summed E-state index contributed by atoms with van der Waals surface area (Å²) in [5.41, 5.74) is 0. The fraction of sp³-hybridized carbons (Fsp3) is 0.750. The van der Waals surface area contributed by atoms with E-state index in [1.165, 1.54) is 77.0 Å². The normalized spacial score (nSPS) is 25.4. The second kappa shape index (κ2) is 46.3. The standard InChI is InChI=1S/C60H102O14/c1-3-5-7-9-11-13-15-17-19-21-22-23-24-25-26-27-28-30-32-34-36-38-40-42-44-69-46-49(72-52(62)43-41-39-37-35-33-31-29-20-18-16-14-12-10-8-6-4-2)47-70-59-58(68)56(66)54(64)51(74-59)48-71-60-57(67)55(65)53(63)50(45-61)73-60/h5,7,11,13,17,19,22-23,25-26,28,30,34,36,49-51,53-61,63-68H,3-4,6,8-10,12,14-16,18,20-21,24,27,29,31-33,35,37-48H2,1-2H3/b7-5-,13-11-,19-17-,23-22-,26-25-,30-28-,36-34-. The van der Waals surface area contributed by atoms with Gasteiger partial charge in [0.25, 0.3) is 0 Å². The lowest BCUT2D eigenvalue weighted by Crippen LogP contribution is -2.61. The van der Waals surface area contributed by atoms with Crippen molar-refractivity contribution in [1.29, 1.82) is 0 Å². The molecule has 0 aromatic heterocycles. The number of allylic oxidation sites excluding steroid dienone is 14. The molecular weight excluding hydrogens is 945 g/mol. The molecule has 14 nitrogen and oxygen atoms in total. The monoisotopic (exact) mass is 1050 g/mol. The number of hydrogen-bond acceptors (Lipinski definition) is 14. The van der Waals surface area contributed by atoms with Crippen molar-refractivity contribution < 1.29 is 69.0 Å². The van der Waals surface area contributed by atoms with Gasteiger partial charge in [-0.3, -0.25) is 4.79 Å². The second-order valence-electron chi connectivity index (χ2n) is 19.7. The van der Waals surface area contributed by atoms with Crippen molar-refractivity contribution in [2.45, 2.75) is 255 Å². The first-order chi connectivity index (χ1) is 36.1. The topological polar surface area (TPSA) is 214 Å². The highest BCUT2D eigenvalue weighted by Crippen LogP contribution is 2.26. The number of unbranched alkanes of at least 4 members (excludes halogenated alkanes) is 17.